The second-order valence-electron chi connectivity index (χ2n) is 11.8. The molecule has 0 saturated carbocycles. The molecule has 10 nitrogen and oxygen atoms in total. The van der Waals surface area contributed by atoms with E-state index in [1.165, 1.54) is 29.3 Å². The number of nitrogens with one attached hydrogen (secondary N) is 2. The van der Waals surface area contributed by atoms with E-state index in [-0.39, 0.29) is 40.0 Å². The van der Waals surface area contributed by atoms with Gasteiger partial charge in [-0.1, -0.05) is 43.2 Å². The molecular weight excluding hydrogens is 611 g/mol. The topological polar surface area (TPSA) is 134 Å². The van der Waals surface area contributed by atoms with Crippen molar-refractivity contribution in [2.75, 3.05) is 42.2 Å². The minimum absolute atomic E-state index is 0.0236. The van der Waals surface area contributed by atoms with Crippen LogP contribution in [-0.2, 0) is 14.3 Å². The molecule has 0 unspecified atom stereocenters. The molecule has 2 heterocycles. The van der Waals surface area contributed by atoms with Gasteiger partial charge < -0.3 is 25.4 Å². The van der Waals surface area contributed by atoms with Gasteiger partial charge in [-0.2, -0.15) is 0 Å². The standard InChI is InChI=1S/C37H45FN6O4/c1-6-19-44(28-12-9-24(4)10-13-28)37(46)32(25(5)7-2)36(45)42-27-11-14-30(29(38)22-27)48-31-15-18-41-34(39)33(31)35(40)47-23-26-16-20-43(8-3)21-17-26/h6,9-15,18-19,22,26,40H,7-8,16-17,20-21,23H2,1-5H3,(H2,39,41)(H,42,45)/b19-6-,32-25+,40-35?. The van der Waals surface area contributed by atoms with Gasteiger partial charge in [0.15, 0.2) is 11.6 Å². The molecule has 1 saturated heterocycles. The first-order valence-electron chi connectivity index (χ1n) is 16.3. The molecule has 2 amide bonds. The molecule has 3 aromatic rings. The van der Waals surface area contributed by atoms with Gasteiger partial charge in [0.05, 0.1) is 6.61 Å². The lowest BCUT2D eigenvalue weighted by Gasteiger charge is -2.30. The molecule has 0 atom stereocenters. The van der Waals surface area contributed by atoms with E-state index in [0.29, 0.717) is 30.2 Å². The number of piperidine rings is 1. The van der Waals surface area contributed by atoms with E-state index in [9.17, 15) is 9.59 Å². The minimum Gasteiger partial charge on any atom is -0.477 e. The first-order valence-corrected chi connectivity index (χ1v) is 16.3. The number of allylic oxidation sites excluding steroid dienone is 2. The molecule has 48 heavy (non-hydrogen) atoms. The molecule has 0 bridgehead atoms. The Balaban J connectivity index is 1.49. The van der Waals surface area contributed by atoms with Crippen LogP contribution in [0.1, 0.15) is 58.1 Å². The number of anilines is 3. The predicted molar refractivity (Wildman–Crippen MR) is 188 cm³/mol. The number of ether oxygens (including phenoxy) is 2. The first-order chi connectivity index (χ1) is 23.1. The van der Waals surface area contributed by atoms with E-state index in [1.807, 2.05) is 38.1 Å². The van der Waals surface area contributed by atoms with Crippen molar-refractivity contribution in [3.63, 3.8) is 0 Å². The fourth-order valence-corrected chi connectivity index (χ4v) is 5.38. The van der Waals surface area contributed by atoms with Crippen molar-refractivity contribution < 1.29 is 23.5 Å². The fraction of sp³-hybridized carbons (Fsp3) is 0.351. The number of benzene rings is 2. The molecule has 254 valence electrons. The van der Waals surface area contributed by atoms with Crippen LogP contribution in [0.15, 0.2) is 78.1 Å². The average molecular weight is 657 g/mol. The highest BCUT2D eigenvalue weighted by atomic mass is 19.1. The molecule has 11 heteroatoms. The second kappa shape index (κ2) is 16.7. The van der Waals surface area contributed by atoms with Crippen LogP contribution >= 0.6 is 0 Å². The van der Waals surface area contributed by atoms with Crippen LogP contribution in [0.5, 0.6) is 11.5 Å². The van der Waals surface area contributed by atoms with Crippen molar-refractivity contribution in [3.8, 4) is 11.5 Å². The zero-order valence-electron chi connectivity index (χ0n) is 28.3. The van der Waals surface area contributed by atoms with Crippen molar-refractivity contribution in [2.45, 2.75) is 53.9 Å². The number of rotatable bonds is 12. The van der Waals surface area contributed by atoms with Crippen LogP contribution in [0.25, 0.3) is 0 Å². The third-order valence-corrected chi connectivity index (χ3v) is 8.42. The predicted octanol–water partition coefficient (Wildman–Crippen LogP) is 7.21. The van der Waals surface area contributed by atoms with Crippen LogP contribution < -0.4 is 20.7 Å². The molecule has 2 aromatic carbocycles. The van der Waals surface area contributed by atoms with Gasteiger partial charge in [0.1, 0.15) is 22.7 Å². The number of nitrogen functional groups attached to an aromatic ring is 1. The van der Waals surface area contributed by atoms with Crippen LogP contribution in [0.2, 0.25) is 0 Å². The molecular formula is C37H45FN6O4. The lowest BCUT2D eigenvalue weighted by molar-refractivity contribution is -0.119. The quantitative estimate of drug-likeness (QED) is 0.0617. The van der Waals surface area contributed by atoms with Crippen LogP contribution in [-0.4, -0.2) is 53.8 Å². The highest BCUT2D eigenvalue weighted by molar-refractivity contribution is 6.27. The van der Waals surface area contributed by atoms with Crippen LogP contribution in [0.3, 0.4) is 0 Å². The summed E-state index contributed by atoms with van der Waals surface area (Å²) in [5.74, 6) is -1.86. The average Bonchev–Trinajstić information content (AvgIpc) is 3.08. The summed E-state index contributed by atoms with van der Waals surface area (Å²) in [5.41, 5.74) is 8.56. The molecule has 0 radical (unpaired) electrons. The van der Waals surface area contributed by atoms with E-state index >= 15 is 4.39 Å². The number of aromatic nitrogens is 1. The minimum atomic E-state index is -0.775. The number of halogens is 1. The summed E-state index contributed by atoms with van der Waals surface area (Å²) in [6, 6.07) is 12.8. The molecule has 1 aromatic heterocycles. The largest absolute Gasteiger partial charge is 0.477 e. The van der Waals surface area contributed by atoms with Gasteiger partial charge in [0.2, 0.25) is 5.90 Å². The van der Waals surface area contributed by atoms with Crippen LogP contribution in [0, 0.1) is 24.1 Å². The Hall–Kier alpha value is -5.03. The number of pyridine rings is 1. The summed E-state index contributed by atoms with van der Waals surface area (Å²) in [7, 11) is 0. The third-order valence-electron chi connectivity index (χ3n) is 8.42. The molecule has 4 rings (SSSR count). The summed E-state index contributed by atoms with van der Waals surface area (Å²) in [6.45, 7) is 12.8. The normalized spacial score (nSPS) is 14.4. The van der Waals surface area contributed by atoms with E-state index in [4.69, 9.17) is 20.6 Å². The molecule has 4 N–H and O–H groups in total. The summed E-state index contributed by atoms with van der Waals surface area (Å²) < 4.78 is 27.1. The summed E-state index contributed by atoms with van der Waals surface area (Å²) in [4.78, 5) is 35.2. The summed E-state index contributed by atoms with van der Waals surface area (Å²) >= 11 is 0. The summed E-state index contributed by atoms with van der Waals surface area (Å²) in [6.07, 6.45) is 7.14. The first kappa shape index (κ1) is 35.8. The lowest BCUT2D eigenvalue weighted by Crippen LogP contribution is -2.35. The number of aryl methyl sites for hydroxylation is 1. The molecule has 1 aliphatic heterocycles. The second-order valence-corrected chi connectivity index (χ2v) is 11.8. The number of nitrogens with zero attached hydrogens (tertiary/aromatic N) is 3. The highest BCUT2D eigenvalue weighted by Crippen LogP contribution is 2.32. The van der Waals surface area contributed by atoms with Crippen molar-refractivity contribution in [1.29, 1.82) is 5.41 Å². The number of amides is 2. The zero-order valence-corrected chi connectivity index (χ0v) is 28.3. The van der Waals surface area contributed by atoms with Gasteiger partial charge in [-0.25, -0.2) is 9.37 Å². The molecule has 1 aliphatic rings. The Bertz CT molecular complexity index is 1680. The molecule has 0 aliphatic carbocycles. The van der Waals surface area contributed by atoms with Crippen molar-refractivity contribution in [2.24, 2.45) is 5.92 Å². The van der Waals surface area contributed by atoms with E-state index < -0.39 is 17.6 Å². The number of carbonyl (C=O) groups excluding carboxylic acids is 2. The molecule has 1 fully saturated rings. The van der Waals surface area contributed by atoms with Gasteiger partial charge >= 0.3 is 0 Å². The summed E-state index contributed by atoms with van der Waals surface area (Å²) in [5, 5.41) is 11.2. The number of carbonyl (C=O) groups is 2. The Morgan fingerprint density at radius 1 is 1.12 bits per heavy atom. The Kier molecular flexibility index (Phi) is 12.5. The van der Waals surface area contributed by atoms with Gasteiger partial charge in [0, 0.05) is 35.9 Å². The van der Waals surface area contributed by atoms with Gasteiger partial charge in [0.25, 0.3) is 11.8 Å². The van der Waals surface area contributed by atoms with Gasteiger partial charge in [-0.15, -0.1) is 0 Å². The Morgan fingerprint density at radius 2 is 1.83 bits per heavy atom. The smallest absolute Gasteiger partial charge is 0.267 e. The number of likely N-dealkylation sites (tertiary alicyclic amines) is 1. The Morgan fingerprint density at radius 3 is 2.46 bits per heavy atom. The fourth-order valence-electron chi connectivity index (χ4n) is 5.38. The number of hydrogen-bond acceptors (Lipinski definition) is 8. The zero-order chi connectivity index (χ0) is 34.8. The van der Waals surface area contributed by atoms with E-state index in [1.54, 1.807) is 26.1 Å². The van der Waals surface area contributed by atoms with Crippen molar-refractivity contribution >= 4 is 34.9 Å². The lowest BCUT2D eigenvalue weighted by atomic mass is 9.98. The monoisotopic (exact) mass is 656 g/mol. The van der Waals surface area contributed by atoms with Gasteiger partial charge in [-0.3, -0.25) is 19.9 Å². The Labute approximate surface area is 281 Å². The van der Waals surface area contributed by atoms with E-state index in [0.717, 1.165) is 44.1 Å². The maximum Gasteiger partial charge on any atom is 0.267 e. The molecule has 0 spiro atoms. The third kappa shape index (κ3) is 8.86. The maximum absolute atomic E-state index is 15.4. The highest BCUT2D eigenvalue weighted by Gasteiger charge is 2.27. The SMILES string of the molecule is C/C=C\N(C(=O)/C(C(=O)Nc1ccc(Oc2ccnc(N)c2C(=N)OCC2CCN(CC)CC2)c(F)c1)=C(\C)CC)c1ccc(C)cc1. The van der Waals surface area contributed by atoms with E-state index in [2.05, 4.69) is 22.1 Å². The van der Waals surface area contributed by atoms with Crippen molar-refractivity contribution in [1.82, 2.24) is 9.88 Å². The number of hydrogen-bond donors (Lipinski definition) is 3. The maximum atomic E-state index is 15.4. The van der Waals surface area contributed by atoms with Gasteiger partial charge in [-0.05, 0) is 89.9 Å². The van der Waals surface area contributed by atoms with Crippen LogP contribution in [0.4, 0.5) is 21.6 Å². The number of nitrogens with two attached hydrogens (primary N) is 1. The van der Waals surface area contributed by atoms with Crippen molar-refractivity contribution in [3.05, 3.63) is 95.1 Å².